The van der Waals surface area contributed by atoms with Gasteiger partial charge < -0.3 is 0 Å². The number of amides is 2. The molecule has 15 heteroatoms. The summed E-state index contributed by atoms with van der Waals surface area (Å²) in [6, 6.07) is 20.4. The molecule has 0 spiro atoms. The summed E-state index contributed by atoms with van der Waals surface area (Å²) in [4.78, 5) is 51.8. The monoisotopic (exact) mass is 1590 g/mol. The number of hydrogen-bond donors (Lipinski definition) is 0. The number of carbonyl (C=O) groups excluding carboxylic acids is 2. The molecule has 0 unspecified atom stereocenters. The number of carbonyl (C=O) groups is 2. The van der Waals surface area contributed by atoms with E-state index >= 15 is 0 Å². The Morgan fingerprint density at radius 1 is 0.282 bits per heavy atom. The summed E-state index contributed by atoms with van der Waals surface area (Å²) in [5.74, 6) is 0.0876. The van der Waals surface area contributed by atoms with Crippen LogP contribution < -0.4 is 0 Å². The highest BCUT2D eigenvalue weighted by molar-refractivity contribution is 8.27. The van der Waals surface area contributed by atoms with E-state index in [1.54, 1.807) is 9.80 Å². The first-order valence-corrected chi connectivity index (χ1v) is 49.0. The molecule has 103 heavy (non-hydrogen) atoms. The molecule has 7 aromatic rings. The summed E-state index contributed by atoms with van der Waals surface area (Å²) in [7, 11) is 0. The van der Waals surface area contributed by atoms with Crippen molar-refractivity contribution < 1.29 is 9.59 Å². The van der Waals surface area contributed by atoms with Gasteiger partial charge in [0.15, 0.2) is 0 Å². The van der Waals surface area contributed by atoms with Crippen LogP contribution in [0.3, 0.4) is 0 Å². The number of hydrogen-bond acceptors (Lipinski definition) is 13. The first-order chi connectivity index (χ1) is 50.4. The van der Waals surface area contributed by atoms with Crippen molar-refractivity contribution in [2.45, 2.75) is 325 Å². The highest BCUT2D eigenvalue weighted by Gasteiger charge is 2.33. The van der Waals surface area contributed by atoms with E-state index in [9.17, 15) is 9.59 Å². The number of rotatable bonds is 52. The fourth-order valence-corrected chi connectivity index (χ4v) is 26.4. The molecule has 9 heterocycles. The van der Waals surface area contributed by atoms with Gasteiger partial charge in [0.25, 0.3) is 11.8 Å². The molecule has 0 atom stereocenters. The third-order valence-corrected chi connectivity index (χ3v) is 32.4. The fourth-order valence-electron chi connectivity index (χ4n) is 14.5. The Hall–Kier alpha value is -2.80. The molecule has 0 aliphatic carbocycles. The average Bonchev–Trinajstić information content (AvgIpc) is 1.62. The minimum absolute atomic E-state index is 0.0438. The quantitative estimate of drug-likeness (QED) is 0.0215. The van der Waals surface area contributed by atoms with Crippen LogP contribution in [0, 0.1) is 0 Å². The molecule has 9 rings (SSSR count). The van der Waals surface area contributed by atoms with E-state index in [4.69, 9.17) is 24.4 Å². The van der Waals surface area contributed by atoms with Crippen molar-refractivity contribution in [2.75, 3.05) is 13.1 Å². The summed E-state index contributed by atoms with van der Waals surface area (Å²) in [5, 5.41) is 0. The number of thiocarbonyl (C=S) groups is 2. The Labute approximate surface area is 671 Å². The minimum atomic E-state index is 0.0438. The highest BCUT2D eigenvalue weighted by atomic mass is 32.2. The van der Waals surface area contributed by atoms with Crippen LogP contribution in [-0.2, 0) is 48.1 Å². The third kappa shape index (κ3) is 24.9. The number of unbranched alkanes of at least 4 members (excludes halogenated alkanes) is 30. The van der Waals surface area contributed by atoms with Crippen LogP contribution in [0.4, 0.5) is 0 Å². The van der Waals surface area contributed by atoms with Gasteiger partial charge in [-0.3, -0.25) is 19.4 Å². The van der Waals surface area contributed by atoms with Crippen LogP contribution in [0.1, 0.15) is 330 Å². The van der Waals surface area contributed by atoms with Gasteiger partial charge in [0, 0.05) is 81.4 Å². The molecule has 2 fully saturated rings. The Morgan fingerprint density at radius 3 is 0.748 bits per heavy atom. The molecule has 0 N–H and O–H groups in total. The zero-order chi connectivity index (χ0) is 72.7. The van der Waals surface area contributed by atoms with E-state index in [1.165, 1.54) is 347 Å². The van der Waals surface area contributed by atoms with Gasteiger partial charge >= 0.3 is 0 Å². The largest absolute Gasteiger partial charge is 0.293 e. The topological polar surface area (TPSA) is 40.6 Å². The van der Waals surface area contributed by atoms with E-state index in [-0.39, 0.29) is 11.8 Å². The second-order valence-corrected chi connectivity index (χ2v) is 39.8. The van der Waals surface area contributed by atoms with Crippen LogP contribution in [0.2, 0.25) is 0 Å². The summed E-state index contributed by atoms with van der Waals surface area (Å²) in [6.45, 7) is 19.2. The van der Waals surface area contributed by atoms with Crippen molar-refractivity contribution >= 4 is 160 Å². The second kappa shape index (κ2) is 46.0. The molecule has 0 bridgehead atoms. The number of thioether (sulfide) groups is 2. The van der Waals surface area contributed by atoms with Gasteiger partial charge in [0.05, 0.1) is 9.81 Å². The van der Waals surface area contributed by atoms with Gasteiger partial charge in [-0.1, -0.05) is 282 Å². The highest BCUT2D eigenvalue weighted by Crippen LogP contribution is 2.53. The SMILES string of the molecule is CCCCCCCCc1cc(/C=C2\SC(=S)N(CC)C2=O)sc1-c1cc(CCCCCCCC)c(-c2cc(CCCCCCCC)c(-c3ccc(-c4sc(-c5sc(-c6sc(/C=C7\SC(=S)N(CC)C7=O)cc6CCCCCCCC)cc5CCCCCCCC)cc4CCCCCCCC)s3)s2)s1. The zero-order valence-corrected chi connectivity index (χ0v) is 73.1. The van der Waals surface area contributed by atoms with Crippen molar-refractivity contribution in [1.82, 2.24) is 9.80 Å². The third-order valence-electron chi connectivity index (χ3n) is 20.6. The van der Waals surface area contributed by atoms with Gasteiger partial charge in [-0.25, -0.2) is 0 Å². The lowest BCUT2D eigenvalue weighted by atomic mass is 10.0. The maximum atomic E-state index is 13.6. The molecule has 0 saturated carbocycles. The van der Waals surface area contributed by atoms with Crippen LogP contribution in [-0.4, -0.2) is 43.3 Å². The number of aryl methyl sites for hydroxylation is 6. The molecular formula is C88H122N2O2S11. The second-order valence-electron chi connectivity index (χ2n) is 29.0. The molecule has 562 valence electrons. The summed E-state index contributed by atoms with van der Waals surface area (Å²) in [5.41, 5.74) is 8.97. The van der Waals surface area contributed by atoms with E-state index < -0.39 is 0 Å². The van der Waals surface area contributed by atoms with Crippen molar-refractivity contribution in [2.24, 2.45) is 0 Å². The fraction of sp³-hybridized carbons (Fsp3) is 0.591. The Morgan fingerprint density at radius 2 is 0.505 bits per heavy atom. The molecule has 2 saturated heterocycles. The van der Waals surface area contributed by atoms with E-state index in [1.807, 2.05) is 59.2 Å². The molecule has 2 aliphatic rings. The predicted molar refractivity (Wildman–Crippen MR) is 478 cm³/mol. The van der Waals surface area contributed by atoms with Gasteiger partial charge in [0.2, 0.25) is 0 Å². The normalized spacial score (nSPS) is 14.4. The summed E-state index contributed by atoms with van der Waals surface area (Å²) in [6.07, 6.45) is 57.0. The van der Waals surface area contributed by atoms with Crippen LogP contribution in [0.5, 0.6) is 0 Å². The number of likely N-dealkylation sites (N-methyl/N-ethyl adjacent to an activating group) is 2. The van der Waals surface area contributed by atoms with Crippen molar-refractivity contribution in [1.29, 1.82) is 0 Å². The zero-order valence-electron chi connectivity index (χ0n) is 64.1. The van der Waals surface area contributed by atoms with Gasteiger partial charge in [0.1, 0.15) is 8.64 Å². The van der Waals surface area contributed by atoms with E-state index in [0.717, 1.165) is 58.1 Å². The van der Waals surface area contributed by atoms with E-state index in [2.05, 4.69) is 136 Å². The Bertz CT molecular complexity index is 3570. The van der Waals surface area contributed by atoms with Gasteiger partial charge in [-0.05, 0) is 185 Å². The minimum Gasteiger partial charge on any atom is -0.293 e. The molecule has 0 aromatic carbocycles. The molecule has 7 aromatic heterocycles. The standard InChI is InChI=1S/C88H122N2O2S11/c1-9-17-23-29-35-41-47-63-55-69(61-77-85(91)89(15-7)87(93)102-77)95-81(63)73-59-67(51-45-39-33-27-21-13-5)83(100-73)75-57-65(49-43-37-31-25-19-11-3)79(98-75)71-53-54-72(97-71)80-66(50-44-38-32-26-20-12-4)58-76(99-80)84-68(52-46-40-34-28-22-14-6)60-74(101-84)82-64(48-42-36-30-24-18-10-2)56-70(96-82)62-78-86(92)90(16-8)88(94)103-78/h53-62H,9-52H2,1-8H3/b77-61-,78-62-. The first kappa shape index (κ1) is 84.2. The molecule has 2 amide bonds. The lowest BCUT2D eigenvalue weighted by molar-refractivity contribution is -0.122. The summed E-state index contributed by atoms with van der Waals surface area (Å²) < 4.78 is 1.34. The maximum absolute atomic E-state index is 13.6. The molecule has 2 aliphatic heterocycles. The van der Waals surface area contributed by atoms with Crippen molar-refractivity contribution in [3.63, 3.8) is 0 Å². The first-order valence-electron chi connectivity index (χ1n) is 40.8. The lowest BCUT2D eigenvalue weighted by Gasteiger charge is -2.09. The smallest absolute Gasteiger partial charge is 0.266 e. The predicted octanol–water partition coefficient (Wildman–Crippen LogP) is 32.0. The Balaban J connectivity index is 1.11. The van der Waals surface area contributed by atoms with Crippen LogP contribution in [0.15, 0.2) is 58.3 Å². The molecule has 4 nitrogen and oxygen atoms in total. The molecular weight excluding hydrogens is 1470 g/mol. The Kier molecular flexibility index (Phi) is 37.6. The number of nitrogens with zero attached hydrogens (tertiary/aromatic N) is 2. The van der Waals surface area contributed by atoms with Gasteiger partial charge in [-0.15, -0.1) is 79.4 Å². The van der Waals surface area contributed by atoms with Crippen LogP contribution in [0.25, 0.3) is 70.7 Å². The van der Waals surface area contributed by atoms with Gasteiger partial charge in [-0.2, -0.15) is 0 Å². The van der Waals surface area contributed by atoms with E-state index in [0.29, 0.717) is 21.7 Å². The summed E-state index contributed by atoms with van der Waals surface area (Å²) >= 11 is 28.4. The molecule has 0 radical (unpaired) electrons. The maximum Gasteiger partial charge on any atom is 0.266 e. The lowest BCUT2D eigenvalue weighted by Crippen LogP contribution is -2.27. The van der Waals surface area contributed by atoms with Crippen molar-refractivity contribution in [3.05, 3.63) is 101 Å². The van der Waals surface area contributed by atoms with Crippen molar-refractivity contribution in [3.8, 4) is 58.5 Å². The number of thiophene rings is 7. The van der Waals surface area contributed by atoms with Crippen LogP contribution >= 0.6 is 127 Å². The average molecular weight is 1590 g/mol.